The zero-order valence-electron chi connectivity index (χ0n) is 13.0. The molecule has 1 heterocycles. The number of primary amides is 1. The van der Waals surface area contributed by atoms with Gasteiger partial charge in [-0.2, -0.15) is 0 Å². The van der Waals surface area contributed by atoms with Crippen LogP contribution in [-0.4, -0.2) is 28.6 Å². The van der Waals surface area contributed by atoms with E-state index in [1.165, 1.54) is 36.1 Å². The molecule has 3 unspecified atom stereocenters. The average Bonchev–Trinajstić information content (AvgIpc) is 2.67. The van der Waals surface area contributed by atoms with Crippen molar-refractivity contribution in [2.45, 2.75) is 44.2 Å². The molecule has 23 heavy (non-hydrogen) atoms. The molecule has 1 saturated carbocycles. The summed E-state index contributed by atoms with van der Waals surface area (Å²) in [4.78, 5) is 26.4. The van der Waals surface area contributed by atoms with E-state index in [2.05, 4.69) is 0 Å². The van der Waals surface area contributed by atoms with Crippen molar-refractivity contribution in [1.82, 2.24) is 0 Å². The van der Waals surface area contributed by atoms with Gasteiger partial charge in [0.15, 0.2) is 0 Å². The highest BCUT2D eigenvalue weighted by Crippen LogP contribution is 2.54. The van der Waals surface area contributed by atoms with E-state index in [0.717, 1.165) is 12.8 Å². The van der Waals surface area contributed by atoms with Gasteiger partial charge in [-0.25, -0.2) is 4.39 Å². The van der Waals surface area contributed by atoms with Gasteiger partial charge < -0.3 is 10.8 Å². The highest BCUT2D eigenvalue weighted by atomic mass is 19.1. The lowest BCUT2D eigenvalue weighted by Crippen LogP contribution is -2.56. The Hall–Kier alpha value is -1.95. The fourth-order valence-corrected chi connectivity index (χ4v) is 4.00. The average molecular weight is 319 g/mol. The fourth-order valence-electron chi connectivity index (χ4n) is 4.00. The van der Waals surface area contributed by atoms with Crippen molar-refractivity contribution in [3.63, 3.8) is 0 Å². The third kappa shape index (κ3) is 2.16. The molecule has 0 aromatic heterocycles. The van der Waals surface area contributed by atoms with Crippen molar-refractivity contribution >= 4 is 17.5 Å². The van der Waals surface area contributed by atoms with E-state index in [4.69, 9.17) is 5.73 Å². The van der Waals surface area contributed by atoms with Gasteiger partial charge in [-0.05, 0) is 50.5 Å². The van der Waals surface area contributed by atoms with Crippen LogP contribution in [0.5, 0.6) is 0 Å². The van der Waals surface area contributed by atoms with Crippen LogP contribution in [0.2, 0.25) is 0 Å². The summed E-state index contributed by atoms with van der Waals surface area (Å²) < 4.78 is 13.2. The smallest absolute Gasteiger partial charge is 0.243 e. The minimum absolute atomic E-state index is 0.325. The number of aliphatic hydroxyl groups is 1. The second-order valence-corrected chi connectivity index (χ2v) is 6.57. The number of halogens is 1. The number of carbonyl (C=O) groups excluding carboxylic acids is 2. The number of nitrogens with two attached hydrogens (primary N) is 1. The highest BCUT2D eigenvalue weighted by molar-refractivity contribution is 6.09. The Morgan fingerprint density at radius 1 is 1.39 bits per heavy atom. The Bertz CT molecular complexity index is 636. The Labute approximate surface area is 134 Å². The highest BCUT2D eigenvalue weighted by Gasteiger charge is 2.67. The van der Waals surface area contributed by atoms with E-state index < -0.39 is 28.8 Å². The number of hydrogen-bond acceptors (Lipinski definition) is 3. The minimum atomic E-state index is -1.58. The van der Waals surface area contributed by atoms with E-state index in [-0.39, 0.29) is 5.91 Å². The molecule has 5 nitrogen and oxygen atoms in total. The van der Waals surface area contributed by atoms with Crippen LogP contribution in [0.4, 0.5) is 10.1 Å². The molecular formula is C17H20FN2O3. The van der Waals surface area contributed by atoms with E-state index in [1.54, 1.807) is 0 Å². The first kappa shape index (κ1) is 15.9. The molecule has 1 aliphatic carbocycles. The lowest BCUT2D eigenvalue weighted by atomic mass is 9.63. The molecule has 2 fully saturated rings. The van der Waals surface area contributed by atoms with E-state index in [0.29, 0.717) is 18.5 Å². The molecule has 1 saturated heterocycles. The van der Waals surface area contributed by atoms with Crippen molar-refractivity contribution in [2.24, 2.45) is 11.1 Å². The van der Waals surface area contributed by atoms with Gasteiger partial charge in [0.25, 0.3) is 0 Å². The predicted molar refractivity (Wildman–Crippen MR) is 82.7 cm³/mol. The Balaban J connectivity index is 2.12. The maximum Gasteiger partial charge on any atom is 0.243 e. The quantitative estimate of drug-likeness (QED) is 0.867. The van der Waals surface area contributed by atoms with Gasteiger partial charge in [0.05, 0.1) is 5.41 Å². The van der Waals surface area contributed by atoms with Gasteiger partial charge in [-0.3, -0.25) is 14.5 Å². The zero-order chi connectivity index (χ0) is 16.8. The van der Waals surface area contributed by atoms with Crippen LogP contribution >= 0.6 is 0 Å². The third-order valence-corrected chi connectivity index (χ3v) is 5.27. The normalized spacial score (nSPS) is 30.0. The van der Waals surface area contributed by atoms with Crippen molar-refractivity contribution in [3.05, 3.63) is 36.5 Å². The molecule has 3 N–H and O–H groups in total. The lowest BCUT2D eigenvalue weighted by molar-refractivity contribution is -0.140. The Kier molecular flexibility index (Phi) is 3.67. The molecular weight excluding hydrogens is 299 g/mol. The van der Waals surface area contributed by atoms with Crippen LogP contribution in [0.25, 0.3) is 0 Å². The van der Waals surface area contributed by atoms with Crippen LogP contribution in [0.1, 0.15) is 32.6 Å². The molecule has 2 amide bonds. The summed E-state index contributed by atoms with van der Waals surface area (Å²) in [5.41, 5.74) is 3.23. The largest absolute Gasteiger partial charge is 0.386 e. The Morgan fingerprint density at radius 3 is 2.57 bits per heavy atom. The van der Waals surface area contributed by atoms with Gasteiger partial charge >= 0.3 is 0 Å². The third-order valence-electron chi connectivity index (χ3n) is 5.27. The molecule has 1 radical (unpaired) electrons. The fraction of sp³-hybridized carbons (Fsp3) is 0.471. The number of nitrogens with zero attached hydrogens (tertiary/aromatic N) is 1. The number of benzene rings is 1. The number of rotatable bonds is 2. The molecule has 6 heteroatoms. The Morgan fingerprint density at radius 2 is 2.04 bits per heavy atom. The molecule has 1 aliphatic heterocycles. The van der Waals surface area contributed by atoms with Crippen molar-refractivity contribution in [1.29, 1.82) is 0 Å². The zero-order valence-corrected chi connectivity index (χ0v) is 13.0. The topological polar surface area (TPSA) is 83.6 Å². The summed E-state index contributed by atoms with van der Waals surface area (Å²) in [6, 6.07) is 4.10. The van der Waals surface area contributed by atoms with Crippen LogP contribution in [0, 0.1) is 17.7 Å². The maximum absolute atomic E-state index is 13.2. The number of amides is 2. The van der Waals surface area contributed by atoms with E-state index in [1.807, 2.05) is 6.42 Å². The molecule has 3 rings (SSSR count). The maximum atomic E-state index is 13.2. The first-order chi connectivity index (χ1) is 10.8. The van der Waals surface area contributed by atoms with Gasteiger partial charge in [-0.15, -0.1) is 0 Å². The van der Waals surface area contributed by atoms with Crippen LogP contribution in [0.3, 0.4) is 0 Å². The summed E-state index contributed by atoms with van der Waals surface area (Å²) in [7, 11) is 0. The molecule has 0 bridgehead atoms. The summed E-state index contributed by atoms with van der Waals surface area (Å²) in [5.74, 6) is -1.53. The van der Waals surface area contributed by atoms with Crippen molar-refractivity contribution in [2.75, 3.05) is 4.90 Å². The molecule has 1 aromatic carbocycles. The second-order valence-electron chi connectivity index (χ2n) is 6.57. The SMILES string of the molecule is CC1(O)C(C(N)=O)N(c2ccc(F)cc2)C(=O)C12C[CH]CCC2. The van der Waals surface area contributed by atoms with Gasteiger partial charge in [0, 0.05) is 5.69 Å². The standard InChI is InChI=1S/C17H20FN2O3/c1-16(23)13(14(19)21)20(12-7-5-11(18)6-8-12)15(22)17(16)9-3-2-4-10-17/h3,5-8,13,23H,2,4,9-10H2,1H3,(H2,19,21). The predicted octanol–water partition coefficient (Wildman–Crippen LogP) is 1.54. The first-order valence-electron chi connectivity index (χ1n) is 7.74. The molecule has 1 spiro atoms. The van der Waals surface area contributed by atoms with Gasteiger partial charge in [0.2, 0.25) is 11.8 Å². The van der Waals surface area contributed by atoms with Crippen molar-refractivity contribution in [3.8, 4) is 0 Å². The summed E-state index contributed by atoms with van der Waals surface area (Å²) in [5, 5.41) is 11.1. The van der Waals surface area contributed by atoms with Crippen LogP contribution in [-0.2, 0) is 9.59 Å². The monoisotopic (exact) mass is 319 g/mol. The number of carbonyl (C=O) groups is 2. The summed E-state index contributed by atoms with van der Waals surface area (Å²) in [6.45, 7) is 1.50. The van der Waals surface area contributed by atoms with E-state index >= 15 is 0 Å². The summed E-state index contributed by atoms with van der Waals surface area (Å²) in [6.07, 6.45) is 4.52. The minimum Gasteiger partial charge on any atom is -0.386 e. The van der Waals surface area contributed by atoms with Crippen LogP contribution in [0.15, 0.2) is 24.3 Å². The van der Waals surface area contributed by atoms with E-state index in [9.17, 15) is 19.1 Å². The molecule has 1 aromatic rings. The molecule has 123 valence electrons. The van der Waals surface area contributed by atoms with Crippen LogP contribution < -0.4 is 10.6 Å². The van der Waals surface area contributed by atoms with Crippen molar-refractivity contribution < 1.29 is 19.1 Å². The molecule has 2 aliphatic rings. The first-order valence-corrected chi connectivity index (χ1v) is 7.74. The number of anilines is 1. The summed E-state index contributed by atoms with van der Waals surface area (Å²) >= 11 is 0. The van der Waals surface area contributed by atoms with Gasteiger partial charge in [-0.1, -0.05) is 12.8 Å². The second kappa shape index (κ2) is 5.30. The molecule has 3 atom stereocenters. The number of hydrogen-bond donors (Lipinski definition) is 2. The lowest BCUT2D eigenvalue weighted by Gasteiger charge is -2.41. The van der Waals surface area contributed by atoms with Gasteiger partial charge in [0.1, 0.15) is 17.5 Å².